The molecule has 1 heterocycles. The standard InChI is InChI=1S/C17H13NO5/c1-17(18(22)15(20)11-7-3-2-4-8-11)14(19)12-9-5-6-10-13(12)23-16(17)21/h2-10,22H,1H3. The van der Waals surface area contributed by atoms with Crippen LogP contribution in [0.5, 0.6) is 5.75 Å². The van der Waals surface area contributed by atoms with E-state index in [0.717, 1.165) is 6.92 Å². The van der Waals surface area contributed by atoms with Crippen LogP contribution < -0.4 is 4.74 Å². The van der Waals surface area contributed by atoms with Crippen molar-refractivity contribution in [3.63, 3.8) is 0 Å². The number of hydrogen-bond donors (Lipinski definition) is 1. The average Bonchev–Trinajstić information content (AvgIpc) is 2.59. The molecule has 23 heavy (non-hydrogen) atoms. The van der Waals surface area contributed by atoms with E-state index in [9.17, 15) is 19.6 Å². The number of fused-ring (bicyclic) bond motifs is 1. The van der Waals surface area contributed by atoms with Gasteiger partial charge >= 0.3 is 5.97 Å². The zero-order valence-electron chi connectivity index (χ0n) is 12.2. The van der Waals surface area contributed by atoms with Crippen LogP contribution in [0.1, 0.15) is 27.6 Å². The molecule has 2 aromatic rings. The van der Waals surface area contributed by atoms with Gasteiger partial charge in [-0.1, -0.05) is 30.3 Å². The molecule has 0 radical (unpaired) electrons. The van der Waals surface area contributed by atoms with E-state index in [1.165, 1.54) is 24.3 Å². The first-order chi connectivity index (χ1) is 11.0. The van der Waals surface area contributed by atoms with Crippen LogP contribution in [0.3, 0.4) is 0 Å². The molecule has 0 saturated carbocycles. The maximum Gasteiger partial charge on any atom is 0.347 e. The van der Waals surface area contributed by atoms with Gasteiger partial charge in [-0.2, -0.15) is 5.06 Å². The molecular weight excluding hydrogens is 298 g/mol. The van der Waals surface area contributed by atoms with Gasteiger partial charge in [0.05, 0.1) is 5.56 Å². The van der Waals surface area contributed by atoms with E-state index >= 15 is 0 Å². The van der Waals surface area contributed by atoms with Crippen molar-refractivity contribution in [2.45, 2.75) is 12.5 Å². The Kier molecular flexibility index (Phi) is 3.46. The van der Waals surface area contributed by atoms with Gasteiger partial charge in [-0.15, -0.1) is 0 Å². The number of Topliss-reactive ketones (excluding diaryl/α,β-unsaturated/α-hetero) is 1. The SMILES string of the molecule is CC1(N(O)C(=O)c2ccccc2)C(=O)Oc2ccccc2C1=O. The second-order valence-corrected chi connectivity index (χ2v) is 5.27. The molecule has 3 rings (SSSR count). The van der Waals surface area contributed by atoms with Crippen LogP contribution in [0.4, 0.5) is 0 Å². The number of hydroxylamine groups is 2. The fourth-order valence-electron chi connectivity index (χ4n) is 2.39. The maximum atomic E-state index is 12.7. The minimum absolute atomic E-state index is 0.112. The van der Waals surface area contributed by atoms with Crippen LogP contribution in [-0.2, 0) is 4.79 Å². The molecule has 1 unspecified atom stereocenters. The molecule has 6 nitrogen and oxygen atoms in total. The predicted molar refractivity (Wildman–Crippen MR) is 79.2 cm³/mol. The molecule has 1 amide bonds. The highest BCUT2D eigenvalue weighted by Gasteiger charge is 2.54. The summed E-state index contributed by atoms with van der Waals surface area (Å²) >= 11 is 0. The van der Waals surface area contributed by atoms with Crippen molar-refractivity contribution in [1.29, 1.82) is 0 Å². The molecular formula is C17H13NO5. The fourth-order valence-corrected chi connectivity index (χ4v) is 2.39. The molecule has 1 N–H and O–H groups in total. The largest absolute Gasteiger partial charge is 0.424 e. The number of hydrogen-bond acceptors (Lipinski definition) is 5. The summed E-state index contributed by atoms with van der Waals surface area (Å²) in [4.78, 5) is 37.3. The van der Waals surface area contributed by atoms with Gasteiger partial charge in [0, 0.05) is 5.56 Å². The number of nitrogens with zero attached hydrogens (tertiary/aromatic N) is 1. The zero-order valence-corrected chi connectivity index (χ0v) is 12.2. The Morgan fingerprint density at radius 2 is 1.65 bits per heavy atom. The molecule has 0 aliphatic carbocycles. The molecule has 0 saturated heterocycles. The van der Waals surface area contributed by atoms with Crippen molar-refractivity contribution in [3.05, 3.63) is 65.7 Å². The summed E-state index contributed by atoms with van der Waals surface area (Å²) in [5.74, 6) is -2.46. The van der Waals surface area contributed by atoms with Crippen molar-refractivity contribution in [3.8, 4) is 5.75 Å². The third-order valence-corrected chi connectivity index (χ3v) is 3.81. The van der Waals surface area contributed by atoms with Gasteiger partial charge in [-0.05, 0) is 31.2 Å². The van der Waals surface area contributed by atoms with E-state index in [1.807, 2.05) is 0 Å². The highest BCUT2D eigenvalue weighted by molar-refractivity contribution is 6.22. The first kappa shape index (κ1) is 14.9. The lowest BCUT2D eigenvalue weighted by Crippen LogP contribution is -2.62. The molecule has 1 aliphatic rings. The second kappa shape index (κ2) is 5.33. The van der Waals surface area contributed by atoms with Crippen molar-refractivity contribution >= 4 is 17.7 Å². The minimum atomic E-state index is -2.14. The first-order valence-corrected chi connectivity index (χ1v) is 6.91. The number of para-hydroxylation sites is 1. The Morgan fingerprint density at radius 3 is 2.35 bits per heavy atom. The summed E-state index contributed by atoms with van der Waals surface area (Å²) in [6.45, 7) is 1.16. The Bertz CT molecular complexity index is 802. The van der Waals surface area contributed by atoms with E-state index in [0.29, 0.717) is 0 Å². The van der Waals surface area contributed by atoms with Crippen molar-refractivity contribution in [2.75, 3.05) is 0 Å². The number of ether oxygens (including phenoxy) is 1. The summed E-state index contributed by atoms with van der Waals surface area (Å²) in [6.07, 6.45) is 0. The van der Waals surface area contributed by atoms with E-state index in [4.69, 9.17) is 4.74 Å². The number of amides is 1. The second-order valence-electron chi connectivity index (χ2n) is 5.27. The number of rotatable bonds is 2. The van der Waals surface area contributed by atoms with Gasteiger partial charge in [0.2, 0.25) is 11.3 Å². The summed E-state index contributed by atoms with van der Waals surface area (Å²) < 4.78 is 5.11. The molecule has 2 aromatic carbocycles. The van der Waals surface area contributed by atoms with Crippen LogP contribution in [0.2, 0.25) is 0 Å². The molecule has 0 aromatic heterocycles. The van der Waals surface area contributed by atoms with Gasteiger partial charge in [-0.25, -0.2) is 4.79 Å². The Morgan fingerprint density at radius 1 is 1.04 bits per heavy atom. The van der Waals surface area contributed by atoms with Crippen LogP contribution in [0.15, 0.2) is 54.6 Å². The topological polar surface area (TPSA) is 83.9 Å². The van der Waals surface area contributed by atoms with Crippen LogP contribution in [0.25, 0.3) is 0 Å². The number of carbonyl (C=O) groups excluding carboxylic acids is 3. The van der Waals surface area contributed by atoms with Gasteiger partial charge in [-0.3, -0.25) is 14.8 Å². The van der Waals surface area contributed by atoms with Gasteiger partial charge in [0.15, 0.2) is 0 Å². The number of esters is 1. The first-order valence-electron chi connectivity index (χ1n) is 6.91. The average molecular weight is 311 g/mol. The lowest BCUT2D eigenvalue weighted by atomic mass is 9.87. The minimum Gasteiger partial charge on any atom is -0.424 e. The quantitative estimate of drug-likeness (QED) is 0.302. The Hall–Kier alpha value is -2.99. The third kappa shape index (κ3) is 2.20. The summed E-state index contributed by atoms with van der Waals surface area (Å²) in [6, 6.07) is 14.1. The van der Waals surface area contributed by atoms with Gasteiger partial charge in [0.1, 0.15) is 5.75 Å². The van der Waals surface area contributed by atoms with E-state index in [-0.39, 0.29) is 21.9 Å². The normalized spacial score (nSPS) is 19.7. The molecule has 0 fully saturated rings. The number of benzene rings is 2. The summed E-state index contributed by atoms with van der Waals surface area (Å²) in [5, 5.41) is 10.4. The Labute approximate surface area is 131 Å². The lowest BCUT2D eigenvalue weighted by Gasteiger charge is -2.36. The van der Waals surface area contributed by atoms with Crippen molar-refractivity contribution in [2.24, 2.45) is 0 Å². The molecule has 1 aliphatic heterocycles. The van der Waals surface area contributed by atoms with Crippen molar-refractivity contribution < 1.29 is 24.3 Å². The monoisotopic (exact) mass is 311 g/mol. The molecule has 116 valence electrons. The molecule has 0 bridgehead atoms. The zero-order chi connectivity index (χ0) is 16.6. The molecule has 6 heteroatoms. The summed E-state index contributed by atoms with van der Waals surface area (Å²) in [5.41, 5.74) is -1.86. The van der Waals surface area contributed by atoms with E-state index in [1.54, 1.807) is 30.3 Å². The van der Waals surface area contributed by atoms with Crippen molar-refractivity contribution in [1.82, 2.24) is 5.06 Å². The van der Waals surface area contributed by atoms with Crippen LogP contribution in [0, 0.1) is 0 Å². The van der Waals surface area contributed by atoms with Gasteiger partial charge in [0.25, 0.3) is 5.91 Å². The predicted octanol–water partition coefficient (Wildman–Crippen LogP) is 2.08. The smallest absolute Gasteiger partial charge is 0.347 e. The van der Waals surface area contributed by atoms with Crippen LogP contribution >= 0.6 is 0 Å². The highest BCUT2D eigenvalue weighted by atomic mass is 16.6. The van der Waals surface area contributed by atoms with E-state index in [2.05, 4.69) is 0 Å². The third-order valence-electron chi connectivity index (χ3n) is 3.81. The van der Waals surface area contributed by atoms with Crippen LogP contribution in [-0.4, -0.2) is 33.5 Å². The lowest BCUT2D eigenvalue weighted by molar-refractivity contribution is -0.165. The van der Waals surface area contributed by atoms with E-state index < -0.39 is 23.2 Å². The number of ketones is 1. The fraction of sp³-hybridized carbons (Fsp3) is 0.118. The maximum absolute atomic E-state index is 12.7. The highest BCUT2D eigenvalue weighted by Crippen LogP contribution is 2.33. The molecule has 1 atom stereocenters. The number of carbonyl (C=O) groups is 3. The summed E-state index contributed by atoms with van der Waals surface area (Å²) in [7, 11) is 0. The van der Waals surface area contributed by atoms with Gasteiger partial charge < -0.3 is 4.74 Å². The Balaban J connectivity index is 2.02. The molecule has 0 spiro atoms.